The van der Waals surface area contributed by atoms with E-state index in [1.165, 1.54) is 19.2 Å². The van der Waals surface area contributed by atoms with Crippen LogP contribution in [0, 0.1) is 0 Å². The van der Waals surface area contributed by atoms with E-state index >= 15 is 0 Å². The zero-order chi connectivity index (χ0) is 20.9. The Morgan fingerprint density at radius 1 is 0.897 bits per heavy atom. The summed E-state index contributed by atoms with van der Waals surface area (Å²) in [4.78, 5) is 12.9. The highest BCUT2D eigenvalue weighted by Crippen LogP contribution is 2.23. The normalized spacial score (nSPS) is 12.1. The number of carbonyl (C=O) groups excluding carboxylic acids is 1. The van der Waals surface area contributed by atoms with Crippen LogP contribution in [0.15, 0.2) is 83.8 Å². The van der Waals surface area contributed by atoms with Crippen molar-refractivity contribution in [2.75, 3.05) is 11.8 Å². The second kappa shape index (κ2) is 8.79. The van der Waals surface area contributed by atoms with Crippen molar-refractivity contribution in [2.45, 2.75) is 17.9 Å². The number of ether oxygens (including phenoxy) is 1. The van der Waals surface area contributed by atoms with Crippen LogP contribution in [-0.2, 0) is 10.0 Å². The quantitative estimate of drug-likeness (QED) is 0.617. The third kappa shape index (κ3) is 4.94. The molecule has 0 radical (unpaired) electrons. The molecule has 3 aromatic carbocycles. The molecule has 0 heterocycles. The first-order valence-corrected chi connectivity index (χ1v) is 10.5. The lowest BCUT2D eigenvalue weighted by Gasteiger charge is -2.17. The average molecular weight is 410 g/mol. The molecule has 3 aromatic rings. The number of amides is 1. The van der Waals surface area contributed by atoms with Crippen molar-refractivity contribution in [1.29, 1.82) is 0 Å². The van der Waals surface area contributed by atoms with E-state index in [-0.39, 0.29) is 28.1 Å². The van der Waals surface area contributed by atoms with E-state index in [9.17, 15) is 13.2 Å². The Kier molecular flexibility index (Phi) is 6.19. The van der Waals surface area contributed by atoms with Crippen LogP contribution in [0.2, 0.25) is 0 Å². The van der Waals surface area contributed by atoms with Crippen molar-refractivity contribution >= 4 is 21.6 Å². The second-order valence-corrected chi connectivity index (χ2v) is 8.11. The molecule has 0 fully saturated rings. The Labute approximate surface area is 170 Å². The van der Waals surface area contributed by atoms with Gasteiger partial charge >= 0.3 is 0 Å². The standard InChI is InChI=1S/C22H22N2O4S/c1-16(17-8-4-3-5-9-17)23-22(25)20-10-6-7-11-21(20)24-29(26,27)19-14-12-18(28-2)13-15-19/h3-16,24H,1-2H3,(H,23,25)/t16-/m0/s1. The zero-order valence-electron chi connectivity index (χ0n) is 16.1. The van der Waals surface area contributed by atoms with Gasteiger partial charge in [0.05, 0.1) is 29.3 Å². The largest absolute Gasteiger partial charge is 0.497 e. The van der Waals surface area contributed by atoms with Crippen molar-refractivity contribution in [2.24, 2.45) is 0 Å². The molecule has 0 aromatic heterocycles. The zero-order valence-corrected chi connectivity index (χ0v) is 16.9. The van der Waals surface area contributed by atoms with E-state index in [1.54, 1.807) is 36.4 Å². The van der Waals surface area contributed by atoms with Gasteiger partial charge in [0, 0.05) is 0 Å². The maximum absolute atomic E-state index is 12.8. The molecule has 0 aliphatic carbocycles. The Morgan fingerprint density at radius 3 is 2.17 bits per heavy atom. The highest BCUT2D eigenvalue weighted by Gasteiger charge is 2.20. The lowest BCUT2D eigenvalue weighted by Crippen LogP contribution is -2.28. The molecule has 7 heteroatoms. The number of methoxy groups -OCH3 is 1. The van der Waals surface area contributed by atoms with E-state index in [2.05, 4.69) is 10.0 Å². The smallest absolute Gasteiger partial charge is 0.261 e. The van der Waals surface area contributed by atoms with E-state index in [4.69, 9.17) is 4.74 Å². The van der Waals surface area contributed by atoms with E-state index in [1.807, 2.05) is 37.3 Å². The third-order valence-electron chi connectivity index (χ3n) is 4.43. The highest BCUT2D eigenvalue weighted by molar-refractivity contribution is 7.92. The number of hydrogen-bond donors (Lipinski definition) is 2. The summed E-state index contributed by atoms with van der Waals surface area (Å²) >= 11 is 0. The predicted octanol–water partition coefficient (Wildman–Crippen LogP) is 3.99. The van der Waals surface area contributed by atoms with Crippen molar-refractivity contribution in [3.8, 4) is 5.75 Å². The molecule has 0 aliphatic heterocycles. The summed E-state index contributed by atoms with van der Waals surface area (Å²) < 4.78 is 33.0. The molecule has 0 saturated heterocycles. The van der Waals surface area contributed by atoms with Crippen LogP contribution in [0.1, 0.15) is 28.9 Å². The predicted molar refractivity (Wildman–Crippen MR) is 113 cm³/mol. The van der Waals surface area contributed by atoms with Gasteiger partial charge in [-0.25, -0.2) is 8.42 Å². The van der Waals surface area contributed by atoms with Gasteiger partial charge in [-0.1, -0.05) is 42.5 Å². The van der Waals surface area contributed by atoms with Gasteiger partial charge in [-0.3, -0.25) is 9.52 Å². The van der Waals surface area contributed by atoms with Gasteiger partial charge in [0.25, 0.3) is 15.9 Å². The minimum Gasteiger partial charge on any atom is -0.497 e. The van der Waals surface area contributed by atoms with E-state index in [0.29, 0.717) is 5.75 Å². The van der Waals surface area contributed by atoms with Crippen LogP contribution in [-0.4, -0.2) is 21.4 Å². The summed E-state index contributed by atoms with van der Waals surface area (Å²) in [6.45, 7) is 1.87. The summed E-state index contributed by atoms with van der Waals surface area (Å²) in [6, 6.07) is 21.8. The molecule has 29 heavy (non-hydrogen) atoms. The number of para-hydroxylation sites is 1. The summed E-state index contributed by atoms with van der Waals surface area (Å²) in [5.74, 6) is 0.188. The third-order valence-corrected chi connectivity index (χ3v) is 5.81. The monoisotopic (exact) mass is 410 g/mol. The van der Waals surface area contributed by atoms with Crippen LogP contribution in [0.5, 0.6) is 5.75 Å². The number of anilines is 1. The number of rotatable bonds is 7. The fourth-order valence-electron chi connectivity index (χ4n) is 2.83. The molecule has 3 rings (SSSR count). The number of sulfonamides is 1. The molecule has 0 bridgehead atoms. The SMILES string of the molecule is COc1ccc(S(=O)(=O)Nc2ccccc2C(=O)N[C@@H](C)c2ccccc2)cc1. The highest BCUT2D eigenvalue weighted by atomic mass is 32.2. The molecule has 0 unspecified atom stereocenters. The van der Waals surface area contributed by atoms with Crippen molar-refractivity contribution in [3.63, 3.8) is 0 Å². The average Bonchev–Trinajstić information content (AvgIpc) is 2.74. The van der Waals surface area contributed by atoms with Gasteiger partial charge in [-0.2, -0.15) is 0 Å². The molecular weight excluding hydrogens is 388 g/mol. The Hall–Kier alpha value is -3.32. The molecular formula is C22H22N2O4S. The van der Waals surface area contributed by atoms with Gasteiger partial charge in [0.15, 0.2) is 0 Å². The first-order valence-electron chi connectivity index (χ1n) is 9.02. The fraction of sp³-hybridized carbons (Fsp3) is 0.136. The molecule has 2 N–H and O–H groups in total. The van der Waals surface area contributed by atoms with Crippen LogP contribution in [0.3, 0.4) is 0 Å². The maximum Gasteiger partial charge on any atom is 0.261 e. The minimum atomic E-state index is -3.86. The van der Waals surface area contributed by atoms with Crippen LogP contribution in [0.25, 0.3) is 0 Å². The minimum absolute atomic E-state index is 0.0752. The fourth-order valence-corrected chi connectivity index (χ4v) is 3.91. The number of carbonyl (C=O) groups is 1. The Balaban J connectivity index is 1.81. The van der Waals surface area contributed by atoms with Crippen LogP contribution >= 0.6 is 0 Å². The summed E-state index contributed by atoms with van der Waals surface area (Å²) in [5.41, 5.74) is 1.41. The summed E-state index contributed by atoms with van der Waals surface area (Å²) in [6.07, 6.45) is 0. The van der Waals surface area contributed by atoms with Crippen LogP contribution < -0.4 is 14.8 Å². The van der Waals surface area contributed by atoms with E-state index in [0.717, 1.165) is 5.56 Å². The molecule has 0 spiro atoms. The molecule has 0 saturated carbocycles. The molecule has 6 nitrogen and oxygen atoms in total. The second-order valence-electron chi connectivity index (χ2n) is 6.43. The Morgan fingerprint density at radius 2 is 1.52 bits per heavy atom. The molecule has 150 valence electrons. The van der Waals surface area contributed by atoms with Gasteiger partial charge in [0.2, 0.25) is 0 Å². The first kappa shape index (κ1) is 20.4. The van der Waals surface area contributed by atoms with E-state index < -0.39 is 10.0 Å². The number of hydrogen-bond acceptors (Lipinski definition) is 4. The van der Waals surface area contributed by atoms with Gasteiger partial charge in [-0.15, -0.1) is 0 Å². The van der Waals surface area contributed by atoms with Gasteiger partial charge in [0.1, 0.15) is 5.75 Å². The topological polar surface area (TPSA) is 84.5 Å². The lowest BCUT2D eigenvalue weighted by atomic mass is 10.1. The van der Waals surface area contributed by atoms with Gasteiger partial charge < -0.3 is 10.1 Å². The lowest BCUT2D eigenvalue weighted by molar-refractivity contribution is 0.0941. The molecule has 0 aliphatic rings. The van der Waals surface area contributed by atoms with Crippen molar-refractivity contribution < 1.29 is 17.9 Å². The van der Waals surface area contributed by atoms with Crippen LogP contribution in [0.4, 0.5) is 5.69 Å². The Bertz CT molecular complexity index is 1080. The number of nitrogens with one attached hydrogen (secondary N) is 2. The van der Waals surface area contributed by atoms with Crippen molar-refractivity contribution in [1.82, 2.24) is 5.32 Å². The van der Waals surface area contributed by atoms with Gasteiger partial charge in [-0.05, 0) is 48.9 Å². The maximum atomic E-state index is 12.8. The number of benzene rings is 3. The summed E-state index contributed by atoms with van der Waals surface area (Å²) in [7, 11) is -2.35. The molecule has 1 amide bonds. The summed E-state index contributed by atoms with van der Waals surface area (Å²) in [5, 5.41) is 2.90. The molecule has 1 atom stereocenters. The first-order chi connectivity index (χ1) is 13.9. The van der Waals surface area contributed by atoms with Crippen molar-refractivity contribution in [3.05, 3.63) is 90.0 Å².